The number of amides is 1. The van der Waals surface area contributed by atoms with Gasteiger partial charge in [0.1, 0.15) is 11.5 Å². The van der Waals surface area contributed by atoms with Crippen molar-refractivity contribution in [2.24, 2.45) is 5.92 Å². The molecule has 15 heavy (non-hydrogen) atoms. The molecule has 1 aromatic heterocycles. The molecule has 3 nitrogen and oxygen atoms in total. The topological polar surface area (TPSA) is 42.2 Å². The zero-order chi connectivity index (χ0) is 10.8. The second-order valence-corrected chi connectivity index (χ2v) is 4.01. The van der Waals surface area contributed by atoms with E-state index >= 15 is 0 Å². The van der Waals surface area contributed by atoms with Crippen LogP contribution in [0.2, 0.25) is 0 Å². The Balaban J connectivity index is 2.01. The van der Waals surface area contributed by atoms with E-state index in [1.807, 2.05) is 12.1 Å². The van der Waals surface area contributed by atoms with E-state index in [4.69, 9.17) is 4.42 Å². The van der Waals surface area contributed by atoms with Crippen LogP contribution >= 0.6 is 0 Å². The molecule has 0 spiro atoms. The fourth-order valence-electron chi connectivity index (χ4n) is 1.62. The van der Waals surface area contributed by atoms with Crippen LogP contribution in [-0.2, 0) is 4.79 Å². The van der Waals surface area contributed by atoms with Crippen LogP contribution in [0.5, 0.6) is 0 Å². The molecule has 0 bridgehead atoms. The zero-order valence-corrected chi connectivity index (χ0v) is 8.99. The quantitative estimate of drug-likeness (QED) is 0.768. The van der Waals surface area contributed by atoms with Gasteiger partial charge in [0.25, 0.3) is 0 Å². The fraction of sp³-hybridized carbons (Fsp3) is 0.417. The van der Waals surface area contributed by atoms with Gasteiger partial charge in [-0.2, -0.15) is 0 Å². The molecule has 0 unspecified atom stereocenters. The van der Waals surface area contributed by atoms with Crippen molar-refractivity contribution >= 4 is 12.0 Å². The predicted octanol–water partition coefficient (Wildman–Crippen LogP) is 2.16. The van der Waals surface area contributed by atoms with Gasteiger partial charge >= 0.3 is 0 Å². The van der Waals surface area contributed by atoms with E-state index in [0.29, 0.717) is 5.92 Å². The Morgan fingerprint density at radius 1 is 1.60 bits per heavy atom. The van der Waals surface area contributed by atoms with Crippen LogP contribution in [0.3, 0.4) is 0 Å². The molecule has 1 aliphatic carbocycles. The molecule has 0 radical (unpaired) electrons. The summed E-state index contributed by atoms with van der Waals surface area (Å²) in [6.07, 6.45) is 4.38. The molecule has 1 aromatic rings. The first-order chi connectivity index (χ1) is 7.20. The number of nitrogens with one attached hydrogen (secondary N) is 1. The van der Waals surface area contributed by atoms with E-state index in [1.54, 1.807) is 13.1 Å². The van der Waals surface area contributed by atoms with Crippen molar-refractivity contribution in [3.63, 3.8) is 0 Å². The maximum absolute atomic E-state index is 11.0. The summed E-state index contributed by atoms with van der Waals surface area (Å²) in [7, 11) is 1.60. The van der Waals surface area contributed by atoms with Crippen LogP contribution in [0, 0.1) is 5.92 Å². The van der Waals surface area contributed by atoms with Gasteiger partial charge < -0.3 is 9.73 Å². The summed E-state index contributed by atoms with van der Waals surface area (Å²) in [4.78, 5) is 11.0. The summed E-state index contributed by atoms with van der Waals surface area (Å²) in [6, 6.07) is 3.90. The van der Waals surface area contributed by atoms with Crippen LogP contribution in [0.15, 0.2) is 22.6 Å². The highest BCUT2D eigenvalue weighted by Gasteiger charge is 2.36. The summed E-state index contributed by atoms with van der Waals surface area (Å²) in [5.74, 6) is 3.00. The monoisotopic (exact) mass is 205 g/mol. The minimum atomic E-state index is -0.118. The number of hydrogen-bond donors (Lipinski definition) is 1. The third-order valence-electron chi connectivity index (χ3n) is 2.77. The predicted molar refractivity (Wildman–Crippen MR) is 58.3 cm³/mol. The number of rotatable bonds is 3. The molecule has 0 aromatic carbocycles. The summed E-state index contributed by atoms with van der Waals surface area (Å²) in [5, 5.41) is 2.52. The third kappa shape index (κ3) is 2.29. The largest absolute Gasteiger partial charge is 0.461 e. The van der Waals surface area contributed by atoms with Crippen LogP contribution < -0.4 is 5.32 Å². The first kappa shape index (κ1) is 10.0. The van der Waals surface area contributed by atoms with E-state index < -0.39 is 0 Å². The Bertz CT molecular complexity index is 392. The van der Waals surface area contributed by atoms with Gasteiger partial charge in [0.05, 0.1) is 0 Å². The Kier molecular flexibility index (Phi) is 2.62. The smallest absolute Gasteiger partial charge is 0.243 e. The van der Waals surface area contributed by atoms with Gasteiger partial charge in [-0.1, -0.05) is 6.92 Å². The van der Waals surface area contributed by atoms with Crippen molar-refractivity contribution < 1.29 is 9.21 Å². The molecule has 1 fully saturated rings. The summed E-state index contributed by atoms with van der Waals surface area (Å²) in [5.41, 5.74) is 0. The average Bonchev–Trinajstić information content (AvgIpc) is 2.80. The summed E-state index contributed by atoms with van der Waals surface area (Å²) in [6.45, 7) is 2.22. The molecule has 2 rings (SSSR count). The second kappa shape index (κ2) is 3.93. The molecule has 1 aliphatic rings. The van der Waals surface area contributed by atoms with E-state index in [1.165, 1.54) is 12.5 Å². The molecule has 1 saturated carbocycles. The normalized spacial score (nSPS) is 24.4. The first-order valence-electron chi connectivity index (χ1n) is 5.20. The van der Waals surface area contributed by atoms with Crippen molar-refractivity contribution in [3.8, 4) is 0 Å². The maximum atomic E-state index is 11.0. The number of hydrogen-bond acceptors (Lipinski definition) is 2. The van der Waals surface area contributed by atoms with Gasteiger partial charge in [-0.25, -0.2) is 0 Å². The lowest BCUT2D eigenvalue weighted by Crippen LogP contribution is -2.13. The SMILES string of the molecule is CNC(=O)/C=C/c1ccc([C@@H]2C[C@H]2C)o1. The summed E-state index contributed by atoms with van der Waals surface area (Å²) >= 11 is 0. The highest BCUT2D eigenvalue weighted by Crippen LogP contribution is 2.47. The Labute approximate surface area is 89.2 Å². The van der Waals surface area contributed by atoms with E-state index in [0.717, 1.165) is 17.4 Å². The molecule has 0 aliphatic heterocycles. The second-order valence-electron chi connectivity index (χ2n) is 4.01. The molecule has 3 heteroatoms. The third-order valence-corrected chi connectivity index (χ3v) is 2.77. The van der Waals surface area contributed by atoms with E-state index in [-0.39, 0.29) is 5.91 Å². The summed E-state index contributed by atoms with van der Waals surface area (Å²) < 4.78 is 5.61. The van der Waals surface area contributed by atoms with Gasteiger partial charge in [0.2, 0.25) is 5.91 Å². The first-order valence-corrected chi connectivity index (χ1v) is 5.20. The van der Waals surface area contributed by atoms with E-state index in [2.05, 4.69) is 12.2 Å². The Morgan fingerprint density at radius 2 is 2.33 bits per heavy atom. The van der Waals surface area contributed by atoms with Crippen molar-refractivity contribution in [3.05, 3.63) is 29.7 Å². The van der Waals surface area contributed by atoms with E-state index in [9.17, 15) is 4.79 Å². The number of furan rings is 1. The van der Waals surface area contributed by atoms with Crippen molar-refractivity contribution in [2.75, 3.05) is 7.05 Å². The van der Waals surface area contributed by atoms with Gasteiger partial charge in [-0.3, -0.25) is 4.79 Å². The highest BCUT2D eigenvalue weighted by molar-refractivity contribution is 5.91. The molecule has 1 heterocycles. The minimum absolute atomic E-state index is 0.118. The Hall–Kier alpha value is -1.51. The maximum Gasteiger partial charge on any atom is 0.243 e. The van der Waals surface area contributed by atoms with Crippen molar-refractivity contribution in [2.45, 2.75) is 19.3 Å². The average molecular weight is 205 g/mol. The lowest BCUT2D eigenvalue weighted by Gasteiger charge is -1.91. The molecule has 0 saturated heterocycles. The van der Waals surface area contributed by atoms with Crippen LogP contribution in [0.4, 0.5) is 0 Å². The Morgan fingerprint density at radius 3 is 2.93 bits per heavy atom. The zero-order valence-electron chi connectivity index (χ0n) is 8.99. The number of carbonyl (C=O) groups is 1. The molecule has 2 atom stereocenters. The highest BCUT2D eigenvalue weighted by atomic mass is 16.3. The lowest BCUT2D eigenvalue weighted by atomic mass is 10.3. The van der Waals surface area contributed by atoms with Crippen LogP contribution in [-0.4, -0.2) is 13.0 Å². The van der Waals surface area contributed by atoms with Crippen molar-refractivity contribution in [1.82, 2.24) is 5.32 Å². The van der Waals surface area contributed by atoms with Gasteiger partial charge in [-0.15, -0.1) is 0 Å². The molecule has 1 amide bonds. The standard InChI is InChI=1S/C12H15NO2/c1-8-7-10(8)11-5-3-9(15-11)4-6-12(14)13-2/h3-6,8,10H,7H2,1-2H3,(H,13,14)/b6-4+/t8-,10-/m1/s1. The lowest BCUT2D eigenvalue weighted by molar-refractivity contribution is -0.115. The van der Waals surface area contributed by atoms with Gasteiger partial charge in [0.15, 0.2) is 0 Å². The van der Waals surface area contributed by atoms with Crippen molar-refractivity contribution in [1.29, 1.82) is 0 Å². The fourth-order valence-corrected chi connectivity index (χ4v) is 1.62. The minimum Gasteiger partial charge on any atom is -0.461 e. The number of likely N-dealkylation sites (N-methyl/N-ethyl adjacent to an activating group) is 1. The van der Waals surface area contributed by atoms with Crippen LogP contribution in [0.25, 0.3) is 6.08 Å². The molecule has 80 valence electrons. The molecular weight excluding hydrogens is 190 g/mol. The van der Waals surface area contributed by atoms with Gasteiger partial charge in [0, 0.05) is 19.0 Å². The van der Waals surface area contributed by atoms with Gasteiger partial charge in [-0.05, 0) is 30.5 Å². The van der Waals surface area contributed by atoms with Crippen LogP contribution in [0.1, 0.15) is 30.8 Å². The number of carbonyl (C=O) groups excluding carboxylic acids is 1. The molecular formula is C12H15NO2. The molecule has 1 N–H and O–H groups in total.